The minimum atomic E-state index is -0.387. The summed E-state index contributed by atoms with van der Waals surface area (Å²) in [5.41, 5.74) is -0.387. The van der Waals surface area contributed by atoms with Gasteiger partial charge in [-0.3, -0.25) is 0 Å². The van der Waals surface area contributed by atoms with Gasteiger partial charge in [-0.05, 0) is 33.6 Å². The van der Waals surface area contributed by atoms with E-state index in [1.165, 1.54) is 0 Å². The van der Waals surface area contributed by atoms with Gasteiger partial charge in [-0.25, -0.2) is 4.79 Å². The zero-order valence-electron chi connectivity index (χ0n) is 10.5. The lowest BCUT2D eigenvalue weighted by atomic mass is 10.1. The molecule has 1 amide bonds. The predicted octanol–water partition coefficient (Wildman–Crippen LogP) is 1.70. The van der Waals surface area contributed by atoms with Crippen molar-refractivity contribution in [2.45, 2.75) is 45.3 Å². The molecule has 16 heavy (non-hydrogen) atoms. The molecule has 0 aromatic rings. The zero-order chi connectivity index (χ0) is 11.8. The molecule has 0 aromatic carbocycles. The van der Waals surface area contributed by atoms with Gasteiger partial charge in [0.15, 0.2) is 0 Å². The first-order valence-corrected chi connectivity index (χ1v) is 6.18. The summed E-state index contributed by atoms with van der Waals surface area (Å²) >= 11 is 0. The van der Waals surface area contributed by atoms with E-state index >= 15 is 0 Å². The third kappa shape index (κ3) is 2.67. The summed E-state index contributed by atoms with van der Waals surface area (Å²) in [6.45, 7) is 9.83. The summed E-state index contributed by atoms with van der Waals surface area (Å²) in [5, 5.41) is 0. The summed E-state index contributed by atoms with van der Waals surface area (Å²) in [5.74, 6) is 0. The number of carbonyl (C=O) groups is 1. The Labute approximate surface area is 97.5 Å². The third-order valence-electron chi connectivity index (χ3n) is 3.28. The number of amides is 1. The second-order valence-electron chi connectivity index (χ2n) is 5.75. The number of rotatable bonds is 0. The maximum Gasteiger partial charge on any atom is 0.410 e. The summed E-state index contributed by atoms with van der Waals surface area (Å²) in [6.07, 6.45) is 2.06. The molecule has 4 nitrogen and oxygen atoms in total. The summed E-state index contributed by atoms with van der Waals surface area (Å²) in [6, 6.07) is 0.397. The Morgan fingerprint density at radius 3 is 2.31 bits per heavy atom. The van der Waals surface area contributed by atoms with Gasteiger partial charge in [0.2, 0.25) is 0 Å². The molecule has 0 aliphatic carbocycles. The van der Waals surface area contributed by atoms with Gasteiger partial charge in [0, 0.05) is 32.2 Å². The van der Waals surface area contributed by atoms with Crippen molar-refractivity contribution < 1.29 is 9.53 Å². The van der Waals surface area contributed by atoms with Crippen LogP contribution in [0.5, 0.6) is 0 Å². The van der Waals surface area contributed by atoms with Crippen molar-refractivity contribution in [3.05, 3.63) is 0 Å². The molecule has 0 spiro atoms. The first kappa shape index (κ1) is 11.7. The van der Waals surface area contributed by atoms with E-state index in [1.54, 1.807) is 0 Å². The Hall–Kier alpha value is -0.770. The van der Waals surface area contributed by atoms with Crippen LogP contribution in [0.4, 0.5) is 4.79 Å². The molecule has 3 aliphatic rings. The lowest BCUT2D eigenvalue weighted by Crippen LogP contribution is -2.44. The van der Waals surface area contributed by atoms with E-state index in [1.807, 2.05) is 25.7 Å². The summed E-state index contributed by atoms with van der Waals surface area (Å²) < 4.78 is 5.45. The molecule has 0 aromatic heterocycles. The van der Waals surface area contributed by atoms with Crippen LogP contribution in [0.2, 0.25) is 0 Å². The van der Waals surface area contributed by atoms with Gasteiger partial charge < -0.3 is 14.5 Å². The fraction of sp³-hybridized carbons (Fsp3) is 0.917. The molecule has 3 aliphatic heterocycles. The predicted molar refractivity (Wildman–Crippen MR) is 62.4 cm³/mol. The number of fused-ring (bicyclic) bond motifs is 4. The topological polar surface area (TPSA) is 32.8 Å². The Morgan fingerprint density at radius 2 is 1.75 bits per heavy atom. The van der Waals surface area contributed by atoms with Crippen LogP contribution in [0.3, 0.4) is 0 Å². The van der Waals surface area contributed by atoms with Gasteiger partial charge in [0.25, 0.3) is 0 Å². The van der Waals surface area contributed by atoms with Crippen molar-refractivity contribution in [2.24, 2.45) is 0 Å². The van der Waals surface area contributed by atoms with Gasteiger partial charge in [0.05, 0.1) is 0 Å². The SMILES string of the molecule is CC(C)(C)OC(=O)N1CCN2CCC1CC2. The van der Waals surface area contributed by atoms with Gasteiger partial charge in [-0.1, -0.05) is 0 Å². The molecule has 0 unspecified atom stereocenters. The first-order chi connectivity index (χ1) is 7.46. The normalized spacial score (nSPS) is 30.1. The second kappa shape index (κ2) is 4.24. The van der Waals surface area contributed by atoms with Crippen LogP contribution >= 0.6 is 0 Å². The number of hydrogen-bond donors (Lipinski definition) is 0. The van der Waals surface area contributed by atoms with Crippen molar-refractivity contribution in [3.8, 4) is 0 Å². The van der Waals surface area contributed by atoms with Crippen molar-refractivity contribution in [3.63, 3.8) is 0 Å². The van der Waals surface area contributed by atoms with E-state index in [0.29, 0.717) is 6.04 Å². The largest absolute Gasteiger partial charge is 0.444 e. The van der Waals surface area contributed by atoms with Gasteiger partial charge in [-0.2, -0.15) is 0 Å². The Balaban J connectivity index is 2.00. The van der Waals surface area contributed by atoms with Crippen LogP contribution in [0.25, 0.3) is 0 Å². The highest BCUT2D eigenvalue weighted by molar-refractivity contribution is 5.68. The highest BCUT2D eigenvalue weighted by Crippen LogP contribution is 2.22. The first-order valence-electron chi connectivity index (χ1n) is 6.18. The molecule has 3 saturated heterocycles. The van der Waals surface area contributed by atoms with Crippen LogP contribution in [0, 0.1) is 0 Å². The van der Waals surface area contributed by atoms with Crippen LogP contribution < -0.4 is 0 Å². The molecule has 0 N–H and O–H groups in total. The number of piperidine rings is 1. The van der Waals surface area contributed by atoms with Gasteiger partial charge in [0.1, 0.15) is 5.60 Å². The molecule has 0 saturated carbocycles. The molecule has 92 valence electrons. The van der Waals surface area contributed by atoms with Crippen LogP contribution in [-0.2, 0) is 4.74 Å². The Kier molecular flexibility index (Phi) is 3.10. The smallest absolute Gasteiger partial charge is 0.410 e. The standard InChI is InChI=1S/C12H22N2O2/c1-12(2,3)16-11(15)14-9-8-13-6-4-10(14)5-7-13/h10H,4-9H2,1-3H3. The van der Waals surface area contributed by atoms with E-state index in [9.17, 15) is 4.79 Å². The van der Waals surface area contributed by atoms with Crippen molar-refractivity contribution in [2.75, 3.05) is 26.2 Å². The van der Waals surface area contributed by atoms with Gasteiger partial charge >= 0.3 is 6.09 Å². The van der Waals surface area contributed by atoms with Crippen molar-refractivity contribution in [1.29, 1.82) is 0 Å². The van der Waals surface area contributed by atoms with E-state index in [-0.39, 0.29) is 11.7 Å². The molecule has 3 fully saturated rings. The molecule has 3 rings (SSSR count). The molecule has 0 atom stereocenters. The highest BCUT2D eigenvalue weighted by atomic mass is 16.6. The maximum atomic E-state index is 12.0. The average Bonchev–Trinajstić information content (AvgIpc) is 2.47. The molecule has 2 bridgehead atoms. The van der Waals surface area contributed by atoms with Gasteiger partial charge in [-0.15, -0.1) is 0 Å². The third-order valence-corrected chi connectivity index (χ3v) is 3.28. The fourth-order valence-corrected chi connectivity index (χ4v) is 2.45. The number of hydrogen-bond acceptors (Lipinski definition) is 3. The van der Waals surface area contributed by atoms with Crippen LogP contribution in [0.1, 0.15) is 33.6 Å². The van der Waals surface area contributed by atoms with E-state index in [2.05, 4.69) is 4.90 Å². The van der Waals surface area contributed by atoms with Crippen LogP contribution in [-0.4, -0.2) is 53.7 Å². The lowest BCUT2D eigenvalue weighted by Gasteiger charge is -2.32. The second-order valence-corrected chi connectivity index (χ2v) is 5.75. The molecular formula is C12H22N2O2. The molecule has 4 heteroatoms. The highest BCUT2D eigenvalue weighted by Gasteiger charge is 2.34. The Morgan fingerprint density at radius 1 is 1.12 bits per heavy atom. The van der Waals surface area contributed by atoms with E-state index < -0.39 is 0 Å². The van der Waals surface area contributed by atoms with E-state index in [0.717, 1.165) is 39.0 Å². The quantitative estimate of drug-likeness (QED) is 0.630. The average molecular weight is 226 g/mol. The molecule has 0 radical (unpaired) electrons. The number of nitrogens with zero attached hydrogens (tertiary/aromatic N) is 2. The minimum Gasteiger partial charge on any atom is -0.444 e. The van der Waals surface area contributed by atoms with Crippen molar-refractivity contribution >= 4 is 6.09 Å². The zero-order valence-corrected chi connectivity index (χ0v) is 10.5. The van der Waals surface area contributed by atoms with Crippen molar-refractivity contribution in [1.82, 2.24) is 9.80 Å². The molecule has 3 heterocycles. The summed E-state index contributed by atoms with van der Waals surface area (Å²) in [4.78, 5) is 16.4. The molecular weight excluding hydrogens is 204 g/mol. The van der Waals surface area contributed by atoms with E-state index in [4.69, 9.17) is 4.74 Å². The summed E-state index contributed by atoms with van der Waals surface area (Å²) in [7, 11) is 0. The maximum absolute atomic E-state index is 12.0. The Bertz CT molecular complexity index is 265. The van der Waals surface area contributed by atoms with Crippen LogP contribution in [0.15, 0.2) is 0 Å². The monoisotopic (exact) mass is 226 g/mol. The number of carbonyl (C=O) groups excluding carboxylic acids is 1. The number of ether oxygens (including phenoxy) is 1. The minimum absolute atomic E-state index is 0.138. The lowest BCUT2D eigenvalue weighted by molar-refractivity contribution is 0.0172. The fourth-order valence-electron chi connectivity index (χ4n) is 2.45.